The molecule has 5 N–H and O–H groups in total. The number of rotatable bonds is 5. The zero-order chi connectivity index (χ0) is 19.6. The first-order valence-electron chi connectivity index (χ1n) is 8.30. The summed E-state index contributed by atoms with van der Waals surface area (Å²) in [4.78, 5) is 11.8. The van der Waals surface area contributed by atoms with E-state index in [4.69, 9.17) is 23.1 Å². The Morgan fingerprint density at radius 1 is 1.07 bits per heavy atom. The van der Waals surface area contributed by atoms with Crippen molar-refractivity contribution >= 4 is 17.5 Å². The molecule has 0 aliphatic carbocycles. The molecule has 3 aromatic carbocycles. The maximum Gasteiger partial charge on any atom is 0.249 e. The van der Waals surface area contributed by atoms with Crippen molar-refractivity contribution in [2.45, 2.75) is 5.92 Å². The normalized spacial score (nSPS) is 12.0. The maximum absolute atomic E-state index is 14.7. The molecule has 4 nitrogen and oxygen atoms in total. The van der Waals surface area contributed by atoms with Gasteiger partial charge < -0.3 is 16.6 Å². The lowest BCUT2D eigenvalue weighted by molar-refractivity contribution is 0.100. The fourth-order valence-corrected chi connectivity index (χ4v) is 3.35. The summed E-state index contributed by atoms with van der Waals surface area (Å²) in [5.41, 5.74) is 13.2. The zero-order valence-corrected chi connectivity index (χ0v) is 15.1. The minimum Gasteiger partial charge on any atom is -0.505 e. The van der Waals surface area contributed by atoms with E-state index in [0.717, 1.165) is 17.2 Å². The second-order valence-corrected chi connectivity index (χ2v) is 6.53. The second-order valence-electron chi connectivity index (χ2n) is 6.12. The predicted molar refractivity (Wildman–Crippen MR) is 104 cm³/mol. The molecule has 138 valence electrons. The van der Waals surface area contributed by atoms with Crippen LogP contribution in [-0.2, 0) is 0 Å². The number of phenolic OH excluding ortho intramolecular Hbond substituents is 1. The molecule has 0 aliphatic heterocycles. The summed E-state index contributed by atoms with van der Waals surface area (Å²) < 4.78 is 14.7. The van der Waals surface area contributed by atoms with Crippen LogP contribution in [-0.4, -0.2) is 17.6 Å². The first-order valence-corrected chi connectivity index (χ1v) is 8.68. The number of carbonyl (C=O) groups is 1. The summed E-state index contributed by atoms with van der Waals surface area (Å²) in [6, 6.07) is 17.1. The fraction of sp³-hybridized carbons (Fsp3) is 0.0952. The molecule has 0 saturated heterocycles. The molecule has 3 rings (SSSR count). The van der Waals surface area contributed by atoms with Gasteiger partial charge in [0.15, 0.2) is 11.6 Å². The van der Waals surface area contributed by atoms with Gasteiger partial charge in [0.1, 0.15) is 0 Å². The van der Waals surface area contributed by atoms with Crippen molar-refractivity contribution in [3.05, 3.63) is 88.2 Å². The van der Waals surface area contributed by atoms with Crippen LogP contribution in [0.1, 0.15) is 27.4 Å². The highest BCUT2D eigenvalue weighted by Gasteiger charge is 2.22. The average molecular weight is 385 g/mol. The standard InChI is InChI=1S/C21H18ClFN2O2/c22-17-8-6-13(16(11-24)12-4-2-1-3-5-12)10-15(17)19-14(21(25)27)7-9-18(26)20(19)23/h1-10,16,26H,11,24H2,(H2,25,27). The Morgan fingerprint density at radius 3 is 2.41 bits per heavy atom. The summed E-state index contributed by atoms with van der Waals surface area (Å²) >= 11 is 6.29. The molecule has 0 spiro atoms. The average Bonchev–Trinajstić information content (AvgIpc) is 2.66. The molecule has 6 heteroatoms. The largest absolute Gasteiger partial charge is 0.505 e. The van der Waals surface area contributed by atoms with E-state index in [1.165, 1.54) is 6.07 Å². The van der Waals surface area contributed by atoms with Gasteiger partial charge in [-0.1, -0.05) is 48.0 Å². The SMILES string of the molecule is NCC(c1ccccc1)c1ccc(Cl)c(-c2c(C(N)=O)ccc(O)c2F)c1. The van der Waals surface area contributed by atoms with Crippen LogP contribution in [0.15, 0.2) is 60.7 Å². The molecule has 1 unspecified atom stereocenters. The van der Waals surface area contributed by atoms with Crippen LogP contribution in [0.25, 0.3) is 11.1 Å². The highest BCUT2D eigenvalue weighted by atomic mass is 35.5. The van der Waals surface area contributed by atoms with E-state index in [1.807, 2.05) is 30.3 Å². The Labute approximate surface area is 161 Å². The Hall–Kier alpha value is -2.89. The molecule has 27 heavy (non-hydrogen) atoms. The number of nitrogens with two attached hydrogens (primary N) is 2. The lowest BCUT2D eigenvalue weighted by atomic mass is 9.88. The fourth-order valence-electron chi connectivity index (χ4n) is 3.13. The van der Waals surface area contributed by atoms with Gasteiger partial charge >= 0.3 is 0 Å². The Morgan fingerprint density at radius 2 is 1.78 bits per heavy atom. The molecule has 1 atom stereocenters. The van der Waals surface area contributed by atoms with Crippen LogP contribution in [0.2, 0.25) is 5.02 Å². The van der Waals surface area contributed by atoms with Crippen LogP contribution in [0.3, 0.4) is 0 Å². The minimum absolute atomic E-state index is 0.0617. The van der Waals surface area contributed by atoms with Gasteiger partial charge in [-0.05, 0) is 35.4 Å². The summed E-state index contributed by atoms with van der Waals surface area (Å²) in [5, 5.41) is 10.0. The molecule has 0 fully saturated rings. The molecule has 0 aromatic heterocycles. The highest BCUT2D eigenvalue weighted by Crippen LogP contribution is 2.38. The van der Waals surface area contributed by atoms with Gasteiger partial charge in [-0.2, -0.15) is 0 Å². The van der Waals surface area contributed by atoms with E-state index in [-0.39, 0.29) is 27.6 Å². The first-order chi connectivity index (χ1) is 12.9. The van der Waals surface area contributed by atoms with E-state index >= 15 is 0 Å². The van der Waals surface area contributed by atoms with Crippen molar-refractivity contribution in [2.24, 2.45) is 11.5 Å². The van der Waals surface area contributed by atoms with Crippen molar-refractivity contribution in [1.82, 2.24) is 0 Å². The molecule has 0 radical (unpaired) electrons. The summed E-state index contributed by atoms with van der Waals surface area (Å²) in [5.74, 6) is -2.49. The lowest BCUT2D eigenvalue weighted by Crippen LogP contribution is -2.15. The molecule has 0 saturated carbocycles. The van der Waals surface area contributed by atoms with Gasteiger partial charge in [-0.25, -0.2) is 4.39 Å². The van der Waals surface area contributed by atoms with E-state index in [2.05, 4.69) is 0 Å². The molecular formula is C21H18ClFN2O2. The number of hydrogen-bond acceptors (Lipinski definition) is 3. The highest BCUT2D eigenvalue weighted by molar-refractivity contribution is 6.33. The van der Waals surface area contributed by atoms with Crippen LogP contribution in [0.4, 0.5) is 4.39 Å². The Kier molecular flexibility index (Phi) is 5.44. The van der Waals surface area contributed by atoms with E-state index in [9.17, 15) is 14.3 Å². The smallest absolute Gasteiger partial charge is 0.249 e. The van der Waals surface area contributed by atoms with E-state index in [0.29, 0.717) is 6.54 Å². The molecular weight excluding hydrogens is 367 g/mol. The topological polar surface area (TPSA) is 89.3 Å². The number of phenols is 1. The van der Waals surface area contributed by atoms with Crippen LogP contribution in [0, 0.1) is 5.82 Å². The Balaban J connectivity index is 2.21. The van der Waals surface area contributed by atoms with Gasteiger partial charge in [0.05, 0.1) is 5.56 Å². The predicted octanol–water partition coefficient (Wildman–Crippen LogP) is 4.04. The van der Waals surface area contributed by atoms with Crippen LogP contribution in [0.5, 0.6) is 5.75 Å². The third kappa shape index (κ3) is 3.65. The van der Waals surface area contributed by atoms with Crippen molar-refractivity contribution in [1.29, 1.82) is 0 Å². The molecule has 1 amide bonds. The van der Waals surface area contributed by atoms with Crippen molar-refractivity contribution in [3.63, 3.8) is 0 Å². The van der Waals surface area contributed by atoms with Gasteiger partial charge in [0, 0.05) is 28.6 Å². The van der Waals surface area contributed by atoms with Crippen molar-refractivity contribution in [3.8, 4) is 16.9 Å². The monoisotopic (exact) mass is 384 g/mol. The number of primary amides is 1. The summed E-state index contributed by atoms with van der Waals surface area (Å²) in [6.45, 7) is 0.330. The molecule has 0 aliphatic rings. The number of hydrogen-bond donors (Lipinski definition) is 3. The van der Waals surface area contributed by atoms with E-state index in [1.54, 1.807) is 18.2 Å². The van der Waals surface area contributed by atoms with Crippen molar-refractivity contribution in [2.75, 3.05) is 6.54 Å². The van der Waals surface area contributed by atoms with E-state index < -0.39 is 17.5 Å². The maximum atomic E-state index is 14.7. The van der Waals surface area contributed by atoms with Crippen LogP contribution < -0.4 is 11.5 Å². The molecule has 3 aromatic rings. The van der Waals surface area contributed by atoms with Gasteiger partial charge in [-0.15, -0.1) is 0 Å². The zero-order valence-electron chi connectivity index (χ0n) is 14.3. The Bertz CT molecular complexity index is 993. The lowest BCUT2D eigenvalue weighted by Gasteiger charge is -2.19. The van der Waals surface area contributed by atoms with Gasteiger partial charge in [0.25, 0.3) is 0 Å². The number of benzene rings is 3. The van der Waals surface area contributed by atoms with Crippen molar-refractivity contribution < 1.29 is 14.3 Å². The third-order valence-electron chi connectivity index (χ3n) is 4.49. The van der Waals surface area contributed by atoms with Gasteiger partial charge in [0.2, 0.25) is 5.91 Å². The van der Waals surface area contributed by atoms with Gasteiger partial charge in [-0.3, -0.25) is 4.79 Å². The number of halogens is 2. The molecule has 0 bridgehead atoms. The number of amides is 1. The number of carbonyl (C=O) groups excluding carboxylic acids is 1. The summed E-state index contributed by atoms with van der Waals surface area (Å²) in [6.07, 6.45) is 0. The minimum atomic E-state index is -0.950. The quantitative estimate of drug-likeness (QED) is 0.620. The third-order valence-corrected chi connectivity index (χ3v) is 4.82. The summed E-state index contributed by atoms with van der Waals surface area (Å²) in [7, 11) is 0. The number of aromatic hydroxyl groups is 1. The van der Waals surface area contributed by atoms with Crippen LogP contribution >= 0.6 is 11.6 Å². The first kappa shape index (κ1) is 18.9. The second kappa shape index (κ2) is 7.78. The molecule has 0 heterocycles.